The van der Waals surface area contributed by atoms with Crippen molar-refractivity contribution < 1.29 is 4.74 Å². The lowest BCUT2D eigenvalue weighted by Crippen LogP contribution is -2.21. The predicted octanol–water partition coefficient (Wildman–Crippen LogP) is 3.95. The lowest BCUT2D eigenvalue weighted by molar-refractivity contribution is 0.237. The number of rotatable bonds is 9. The Morgan fingerprint density at radius 1 is 1.20 bits per heavy atom. The normalized spacial score (nSPS) is 11.3. The van der Waals surface area contributed by atoms with Gasteiger partial charge in [0.25, 0.3) is 0 Å². The van der Waals surface area contributed by atoms with Gasteiger partial charge in [-0.3, -0.25) is 4.98 Å². The molecule has 1 aromatic rings. The second-order valence-electron chi connectivity index (χ2n) is 5.92. The number of nitrogens with zero attached hydrogens (tertiary/aromatic N) is 1. The van der Waals surface area contributed by atoms with E-state index in [1.807, 2.05) is 13.0 Å². The summed E-state index contributed by atoms with van der Waals surface area (Å²) >= 11 is 0. The summed E-state index contributed by atoms with van der Waals surface area (Å²) in [7, 11) is 0. The average molecular weight is 278 g/mol. The lowest BCUT2D eigenvalue weighted by atomic mass is 10.1. The summed E-state index contributed by atoms with van der Waals surface area (Å²) in [4.78, 5) is 4.61. The summed E-state index contributed by atoms with van der Waals surface area (Å²) in [6, 6.07) is 4.07. The highest BCUT2D eigenvalue weighted by molar-refractivity contribution is 5.29. The van der Waals surface area contributed by atoms with Crippen molar-refractivity contribution in [2.45, 2.75) is 54.0 Å². The van der Waals surface area contributed by atoms with Crippen LogP contribution in [0.15, 0.2) is 12.1 Å². The van der Waals surface area contributed by atoms with Crippen molar-refractivity contribution >= 4 is 0 Å². The van der Waals surface area contributed by atoms with E-state index >= 15 is 0 Å². The van der Waals surface area contributed by atoms with E-state index in [0.717, 1.165) is 49.7 Å². The van der Waals surface area contributed by atoms with Crippen LogP contribution in [0.25, 0.3) is 0 Å². The van der Waals surface area contributed by atoms with E-state index < -0.39 is 0 Å². The van der Waals surface area contributed by atoms with Crippen LogP contribution < -0.4 is 10.1 Å². The van der Waals surface area contributed by atoms with Crippen molar-refractivity contribution in [2.24, 2.45) is 11.8 Å². The van der Waals surface area contributed by atoms with Crippen LogP contribution in [-0.4, -0.2) is 18.1 Å². The highest BCUT2D eigenvalue weighted by Crippen LogP contribution is 2.19. The third kappa shape index (κ3) is 5.91. The van der Waals surface area contributed by atoms with Crippen molar-refractivity contribution in [3.63, 3.8) is 0 Å². The van der Waals surface area contributed by atoms with E-state index in [9.17, 15) is 0 Å². The van der Waals surface area contributed by atoms with Gasteiger partial charge < -0.3 is 10.1 Å². The Morgan fingerprint density at radius 3 is 2.50 bits per heavy atom. The highest BCUT2D eigenvalue weighted by Gasteiger charge is 2.09. The number of hydrogen-bond acceptors (Lipinski definition) is 3. The monoisotopic (exact) mass is 278 g/mol. The molecule has 3 nitrogen and oxygen atoms in total. The lowest BCUT2D eigenvalue weighted by Gasteiger charge is -2.16. The number of nitrogens with one attached hydrogen (secondary N) is 1. The van der Waals surface area contributed by atoms with Crippen LogP contribution in [0.3, 0.4) is 0 Å². The molecule has 0 amide bonds. The third-order valence-electron chi connectivity index (χ3n) is 3.55. The van der Waals surface area contributed by atoms with Crippen LogP contribution in [0.4, 0.5) is 0 Å². The Hall–Kier alpha value is -1.09. The number of pyridine rings is 1. The molecule has 0 atom stereocenters. The fourth-order valence-electron chi connectivity index (χ4n) is 2.07. The largest absolute Gasteiger partial charge is 0.491 e. The molecule has 0 aromatic carbocycles. The summed E-state index contributed by atoms with van der Waals surface area (Å²) in [6.07, 6.45) is 2.33. The minimum absolute atomic E-state index is 0.632. The second kappa shape index (κ2) is 8.96. The topological polar surface area (TPSA) is 34.1 Å². The predicted molar refractivity (Wildman–Crippen MR) is 85.1 cm³/mol. The summed E-state index contributed by atoms with van der Waals surface area (Å²) in [5.41, 5.74) is 2.07. The molecule has 20 heavy (non-hydrogen) atoms. The first kappa shape index (κ1) is 17.0. The molecule has 0 saturated carbocycles. The molecule has 0 saturated heterocycles. The van der Waals surface area contributed by atoms with E-state index in [-0.39, 0.29) is 0 Å². The number of hydrogen-bond donors (Lipinski definition) is 1. The Morgan fingerprint density at radius 2 is 1.90 bits per heavy atom. The van der Waals surface area contributed by atoms with Crippen molar-refractivity contribution in [3.05, 3.63) is 23.5 Å². The molecule has 0 aliphatic rings. The number of aryl methyl sites for hydroxylation is 1. The van der Waals surface area contributed by atoms with Crippen molar-refractivity contribution in [1.29, 1.82) is 0 Å². The molecule has 1 aromatic heterocycles. The van der Waals surface area contributed by atoms with Crippen LogP contribution >= 0.6 is 0 Å². The molecule has 0 radical (unpaired) electrons. The Bertz CT molecular complexity index is 387. The van der Waals surface area contributed by atoms with Gasteiger partial charge in [-0.25, -0.2) is 0 Å². The number of aromatic nitrogens is 1. The van der Waals surface area contributed by atoms with E-state index in [1.165, 1.54) is 0 Å². The van der Waals surface area contributed by atoms with E-state index in [0.29, 0.717) is 11.8 Å². The van der Waals surface area contributed by atoms with Gasteiger partial charge in [-0.05, 0) is 37.4 Å². The molecular formula is C17H30N2O. The van der Waals surface area contributed by atoms with Crippen molar-refractivity contribution in [2.75, 3.05) is 13.2 Å². The van der Waals surface area contributed by atoms with Gasteiger partial charge in [-0.15, -0.1) is 0 Å². The van der Waals surface area contributed by atoms with Crippen LogP contribution in [0, 0.1) is 18.8 Å². The van der Waals surface area contributed by atoms with E-state index in [2.05, 4.69) is 44.1 Å². The van der Waals surface area contributed by atoms with Gasteiger partial charge in [-0.2, -0.15) is 0 Å². The van der Waals surface area contributed by atoms with Gasteiger partial charge in [-0.1, -0.05) is 40.5 Å². The standard InChI is InChI=1S/C17H30N2O/c1-6-15(7-2)12-20-17-9-8-14(5)19-16(17)11-18-10-13(3)4/h8-9,13,15,18H,6-7,10-12H2,1-5H3. The molecule has 114 valence electrons. The van der Waals surface area contributed by atoms with Crippen molar-refractivity contribution in [1.82, 2.24) is 10.3 Å². The third-order valence-corrected chi connectivity index (χ3v) is 3.55. The van der Waals surface area contributed by atoms with Crippen LogP contribution in [-0.2, 0) is 6.54 Å². The van der Waals surface area contributed by atoms with E-state index in [1.54, 1.807) is 0 Å². The summed E-state index contributed by atoms with van der Waals surface area (Å²) in [5.74, 6) is 2.21. The van der Waals surface area contributed by atoms with Crippen LogP contribution in [0.1, 0.15) is 51.9 Å². The van der Waals surface area contributed by atoms with Gasteiger partial charge in [0.1, 0.15) is 5.75 Å². The van der Waals surface area contributed by atoms with Gasteiger partial charge >= 0.3 is 0 Å². The molecule has 1 rings (SSSR count). The molecule has 0 bridgehead atoms. The van der Waals surface area contributed by atoms with Crippen LogP contribution in [0.5, 0.6) is 5.75 Å². The quantitative estimate of drug-likeness (QED) is 0.742. The zero-order valence-corrected chi connectivity index (χ0v) is 13.7. The van der Waals surface area contributed by atoms with Gasteiger partial charge in [0.05, 0.1) is 12.3 Å². The maximum atomic E-state index is 5.99. The van der Waals surface area contributed by atoms with E-state index in [4.69, 9.17) is 4.74 Å². The molecule has 1 heterocycles. The molecule has 1 N–H and O–H groups in total. The minimum atomic E-state index is 0.632. The maximum Gasteiger partial charge on any atom is 0.142 e. The molecule has 0 unspecified atom stereocenters. The first-order chi connectivity index (χ1) is 9.56. The zero-order valence-electron chi connectivity index (χ0n) is 13.7. The molecule has 0 aliphatic heterocycles. The first-order valence-corrected chi connectivity index (χ1v) is 7.86. The molecule has 3 heteroatoms. The highest BCUT2D eigenvalue weighted by atomic mass is 16.5. The maximum absolute atomic E-state index is 5.99. The summed E-state index contributed by atoms with van der Waals surface area (Å²) in [6.45, 7) is 13.4. The smallest absolute Gasteiger partial charge is 0.142 e. The SMILES string of the molecule is CCC(CC)COc1ccc(C)nc1CNCC(C)C. The Kier molecular flexibility index (Phi) is 7.60. The van der Waals surface area contributed by atoms with Gasteiger partial charge in [0.15, 0.2) is 0 Å². The molecular weight excluding hydrogens is 248 g/mol. The van der Waals surface area contributed by atoms with Crippen LogP contribution in [0.2, 0.25) is 0 Å². The fraction of sp³-hybridized carbons (Fsp3) is 0.706. The van der Waals surface area contributed by atoms with Gasteiger partial charge in [0.2, 0.25) is 0 Å². The molecule has 0 aliphatic carbocycles. The van der Waals surface area contributed by atoms with Crippen molar-refractivity contribution in [3.8, 4) is 5.75 Å². The fourth-order valence-corrected chi connectivity index (χ4v) is 2.07. The minimum Gasteiger partial charge on any atom is -0.491 e. The number of ether oxygens (including phenoxy) is 1. The van der Waals surface area contributed by atoms with Gasteiger partial charge in [0, 0.05) is 12.2 Å². The average Bonchev–Trinajstić information content (AvgIpc) is 2.41. The molecule has 0 spiro atoms. The Balaban J connectivity index is 2.64. The summed E-state index contributed by atoms with van der Waals surface area (Å²) < 4.78 is 5.99. The zero-order chi connectivity index (χ0) is 15.0. The second-order valence-corrected chi connectivity index (χ2v) is 5.92. The molecule has 0 fully saturated rings. The summed E-state index contributed by atoms with van der Waals surface area (Å²) in [5, 5.41) is 3.44. The first-order valence-electron chi connectivity index (χ1n) is 7.86. The Labute approximate surface area is 124 Å².